The normalized spacial score (nSPS) is 9.76. The summed E-state index contributed by atoms with van der Waals surface area (Å²) in [5.41, 5.74) is 0. The predicted molar refractivity (Wildman–Crippen MR) is 65.2 cm³/mol. The first kappa shape index (κ1) is 16.0. The molecule has 0 radical (unpaired) electrons. The van der Waals surface area contributed by atoms with E-state index in [0.717, 1.165) is 19.3 Å². The predicted octanol–water partition coefficient (Wildman–Crippen LogP) is 2.07. The van der Waals surface area contributed by atoms with Crippen LogP contribution in [0.2, 0.25) is 0 Å². The van der Waals surface area contributed by atoms with Gasteiger partial charge in [-0.25, -0.2) is 4.79 Å². The Hall–Kier alpha value is -0.970. The third-order valence-electron chi connectivity index (χ3n) is 1.92. The lowest BCUT2D eigenvalue weighted by Crippen LogP contribution is -2.27. The number of alkyl carbamates (subject to hydrolysis) is 1. The van der Waals surface area contributed by atoms with Crippen LogP contribution in [0.4, 0.5) is 4.79 Å². The number of alkyl halides is 1. The van der Waals surface area contributed by atoms with Gasteiger partial charge in [0.2, 0.25) is 0 Å². The van der Waals surface area contributed by atoms with Crippen LogP contribution in [0.25, 0.3) is 0 Å². The highest BCUT2D eigenvalue weighted by atomic mass is 35.5. The molecule has 0 aromatic heterocycles. The zero-order valence-corrected chi connectivity index (χ0v) is 10.9. The van der Waals surface area contributed by atoms with Crippen molar-refractivity contribution in [3.8, 4) is 0 Å². The Kier molecular flexibility index (Phi) is 10.9. The Labute approximate surface area is 107 Å². The van der Waals surface area contributed by atoms with E-state index < -0.39 is 6.09 Å². The Morgan fingerprint density at radius 1 is 1.18 bits per heavy atom. The molecule has 0 bridgehead atoms. The van der Waals surface area contributed by atoms with Gasteiger partial charge in [-0.05, 0) is 6.42 Å². The van der Waals surface area contributed by atoms with Gasteiger partial charge >= 0.3 is 12.1 Å². The first-order chi connectivity index (χ1) is 8.20. The summed E-state index contributed by atoms with van der Waals surface area (Å²) in [7, 11) is 0. The molecule has 0 saturated heterocycles. The fourth-order valence-corrected chi connectivity index (χ4v) is 1.14. The minimum Gasteiger partial charge on any atom is -0.466 e. The van der Waals surface area contributed by atoms with Gasteiger partial charge in [0.15, 0.2) is 0 Å². The summed E-state index contributed by atoms with van der Waals surface area (Å²) in [6.45, 7) is 2.91. The molecule has 0 aliphatic heterocycles. The Morgan fingerprint density at radius 2 is 1.94 bits per heavy atom. The van der Waals surface area contributed by atoms with Gasteiger partial charge < -0.3 is 14.8 Å². The summed E-state index contributed by atoms with van der Waals surface area (Å²) in [6, 6.07) is 0. The molecule has 0 aromatic rings. The molecule has 6 heteroatoms. The van der Waals surface area contributed by atoms with E-state index in [9.17, 15) is 9.59 Å². The molecule has 1 amide bonds. The standard InChI is InChI=1S/C11H20ClNO4/c1-2-3-4-8-16-10(14)5-7-13-11(15)17-9-6-12/h2-9H2,1H3,(H,13,15). The number of esters is 1. The summed E-state index contributed by atoms with van der Waals surface area (Å²) in [5, 5.41) is 2.43. The van der Waals surface area contributed by atoms with Crippen molar-refractivity contribution >= 4 is 23.7 Å². The average molecular weight is 266 g/mol. The van der Waals surface area contributed by atoms with Crippen molar-refractivity contribution in [1.82, 2.24) is 5.32 Å². The van der Waals surface area contributed by atoms with Crippen LogP contribution in [-0.2, 0) is 14.3 Å². The topological polar surface area (TPSA) is 64.6 Å². The number of ether oxygens (including phenoxy) is 2. The number of hydrogen-bond acceptors (Lipinski definition) is 4. The van der Waals surface area contributed by atoms with Gasteiger partial charge in [-0.2, -0.15) is 0 Å². The van der Waals surface area contributed by atoms with Crippen molar-refractivity contribution in [2.45, 2.75) is 32.6 Å². The minimum absolute atomic E-state index is 0.155. The second-order valence-corrected chi connectivity index (χ2v) is 3.81. The monoisotopic (exact) mass is 265 g/mol. The van der Waals surface area contributed by atoms with Gasteiger partial charge in [0, 0.05) is 6.54 Å². The highest BCUT2D eigenvalue weighted by Gasteiger charge is 2.05. The molecular weight excluding hydrogens is 246 g/mol. The number of carbonyl (C=O) groups excluding carboxylic acids is 2. The average Bonchev–Trinajstić information content (AvgIpc) is 2.32. The summed E-state index contributed by atoms with van der Waals surface area (Å²) >= 11 is 5.33. The Balaban J connectivity index is 3.35. The van der Waals surface area contributed by atoms with E-state index in [1.807, 2.05) is 0 Å². The number of amides is 1. The van der Waals surface area contributed by atoms with E-state index >= 15 is 0 Å². The van der Waals surface area contributed by atoms with E-state index in [0.29, 0.717) is 6.61 Å². The highest BCUT2D eigenvalue weighted by Crippen LogP contribution is 1.95. The molecule has 100 valence electrons. The number of halogens is 1. The van der Waals surface area contributed by atoms with E-state index in [4.69, 9.17) is 16.3 Å². The first-order valence-corrected chi connectivity index (χ1v) is 6.36. The molecule has 0 heterocycles. The zero-order chi connectivity index (χ0) is 12.9. The van der Waals surface area contributed by atoms with Crippen LogP contribution in [0, 0.1) is 0 Å². The Bertz CT molecular complexity index is 224. The molecule has 17 heavy (non-hydrogen) atoms. The van der Waals surface area contributed by atoms with Crippen LogP contribution >= 0.6 is 11.6 Å². The molecule has 5 nitrogen and oxygen atoms in total. The van der Waals surface area contributed by atoms with Gasteiger partial charge in [0.1, 0.15) is 6.61 Å². The van der Waals surface area contributed by atoms with Crippen LogP contribution in [0.5, 0.6) is 0 Å². The van der Waals surface area contributed by atoms with Crippen LogP contribution in [0.15, 0.2) is 0 Å². The fourth-order valence-electron chi connectivity index (χ4n) is 1.06. The number of rotatable bonds is 9. The zero-order valence-electron chi connectivity index (χ0n) is 10.2. The number of unbranched alkanes of at least 4 members (excludes halogenated alkanes) is 2. The van der Waals surface area contributed by atoms with Gasteiger partial charge in [-0.3, -0.25) is 4.79 Å². The molecular formula is C11H20ClNO4. The van der Waals surface area contributed by atoms with E-state index in [2.05, 4.69) is 17.0 Å². The largest absolute Gasteiger partial charge is 0.466 e. The van der Waals surface area contributed by atoms with Gasteiger partial charge in [-0.15, -0.1) is 11.6 Å². The molecule has 0 fully saturated rings. The fraction of sp³-hybridized carbons (Fsp3) is 0.818. The van der Waals surface area contributed by atoms with E-state index in [1.165, 1.54) is 0 Å². The van der Waals surface area contributed by atoms with Gasteiger partial charge in [-0.1, -0.05) is 19.8 Å². The molecule has 0 aromatic carbocycles. The summed E-state index contributed by atoms with van der Waals surface area (Å²) in [6.07, 6.45) is 2.61. The van der Waals surface area contributed by atoms with E-state index in [-0.39, 0.29) is 31.4 Å². The molecule has 0 saturated carbocycles. The van der Waals surface area contributed by atoms with Crippen molar-refractivity contribution in [3.63, 3.8) is 0 Å². The van der Waals surface area contributed by atoms with Crippen molar-refractivity contribution < 1.29 is 19.1 Å². The molecule has 1 N–H and O–H groups in total. The first-order valence-electron chi connectivity index (χ1n) is 5.83. The summed E-state index contributed by atoms with van der Waals surface area (Å²) in [5.74, 6) is -0.0499. The Morgan fingerprint density at radius 3 is 2.59 bits per heavy atom. The van der Waals surface area contributed by atoms with Crippen LogP contribution in [0.3, 0.4) is 0 Å². The smallest absolute Gasteiger partial charge is 0.407 e. The summed E-state index contributed by atoms with van der Waals surface area (Å²) in [4.78, 5) is 22.1. The quantitative estimate of drug-likeness (QED) is 0.394. The van der Waals surface area contributed by atoms with Crippen molar-refractivity contribution in [2.75, 3.05) is 25.6 Å². The van der Waals surface area contributed by atoms with Crippen molar-refractivity contribution in [3.05, 3.63) is 0 Å². The van der Waals surface area contributed by atoms with Crippen molar-refractivity contribution in [2.24, 2.45) is 0 Å². The van der Waals surface area contributed by atoms with Crippen molar-refractivity contribution in [1.29, 1.82) is 0 Å². The maximum atomic E-state index is 11.2. The van der Waals surface area contributed by atoms with Crippen LogP contribution < -0.4 is 5.32 Å². The molecule has 0 unspecified atom stereocenters. The molecule has 0 rings (SSSR count). The third kappa shape index (κ3) is 11.3. The summed E-state index contributed by atoms with van der Waals surface area (Å²) < 4.78 is 9.61. The van der Waals surface area contributed by atoms with Gasteiger partial charge in [0.25, 0.3) is 0 Å². The van der Waals surface area contributed by atoms with Gasteiger partial charge in [0.05, 0.1) is 18.9 Å². The molecule has 0 spiro atoms. The van der Waals surface area contributed by atoms with Crippen LogP contribution in [0.1, 0.15) is 32.6 Å². The second-order valence-electron chi connectivity index (χ2n) is 3.43. The molecule has 0 aliphatic rings. The maximum absolute atomic E-state index is 11.2. The highest BCUT2D eigenvalue weighted by molar-refractivity contribution is 6.18. The van der Waals surface area contributed by atoms with Crippen LogP contribution in [-0.4, -0.2) is 37.7 Å². The molecule has 0 atom stereocenters. The second kappa shape index (κ2) is 11.5. The van der Waals surface area contributed by atoms with E-state index in [1.54, 1.807) is 0 Å². The minimum atomic E-state index is -0.565. The lowest BCUT2D eigenvalue weighted by molar-refractivity contribution is -0.143. The number of nitrogens with one attached hydrogen (secondary N) is 1. The molecule has 0 aliphatic carbocycles. The lowest BCUT2D eigenvalue weighted by Gasteiger charge is -2.06. The lowest BCUT2D eigenvalue weighted by atomic mass is 10.3. The third-order valence-corrected chi connectivity index (χ3v) is 2.07. The number of hydrogen-bond donors (Lipinski definition) is 1. The SMILES string of the molecule is CCCCCOC(=O)CCNC(=O)OCCCl. The number of carbonyl (C=O) groups is 2. The maximum Gasteiger partial charge on any atom is 0.407 e.